The molecule has 0 spiro atoms. The van der Waals surface area contributed by atoms with Crippen LogP contribution >= 0.6 is 22.6 Å². The summed E-state index contributed by atoms with van der Waals surface area (Å²) in [4.78, 5) is 3.90. The number of rotatable bonds is 1. The van der Waals surface area contributed by atoms with Gasteiger partial charge in [-0.15, -0.1) is 5.10 Å². The van der Waals surface area contributed by atoms with Crippen molar-refractivity contribution in [2.24, 2.45) is 12.0 Å². The molecule has 0 saturated heterocycles. The van der Waals surface area contributed by atoms with Crippen molar-refractivity contribution in [2.45, 2.75) is 0 Å². The van der Waals surface area contributed by atoms with Crippen molar-refractivity contribution in [3.63, 3.8) is 0 Å². The molecule has 0 amide bonds. The molecule has 0 saturated carbocycles. The van der Waals surface area contributed by atoms with Crippen molar-refractivity contribution in [2.75, 3.05) is 0 Å². The molecule has 0 atom stereocenters. The average Bonchev–Trinajstić information content (AvgIpc) is 2.46. The lowest BCUT2D eigenvalue weighted by molar-refractivity contribution is 0.705. The van der Waals surface area contributed by atoms with E-state index in [1.54, 1.807) is 24.0 Å². The molecule has 0 bridgehead atoms. The molecule has 2 rings (SSSR count). The molecule has 5 nitrogen and oxygen atoms in total. The first-order chi connectivity index (χ1) is 6.79. The fourth-order valence-electron chi connectivity index (χ4n) is 1.05. The maximum Gasteiger partial charge on any atom is 0.182 e. The fraction of sp³-hybridized carbons (Fsp3) is 0.125. The van der Waals surface area contributed by atoms with Crippen molar-refractivity contribution < 1.29 is 0 Å². The number of hydrogen-bond donors (Lipinski definition) is 0. The van der Waals surface area contributed by atoms with Crippen LogP contribution in [0.15, 0.2) is 26.9 Å². The minimum atomic E-state index is 0.723. The van der Waals surface area contributed by atoms with E-state index in [0.29, 0.717) is 0 Å². The Morgan fingerprint density at radius 2 is 2.36 bits per heavy atom. The van der Waals surface area contributed by atoms with Crippen LogP contribution in [0.5, 0.6) is 0 Å². The summed E-state index contributed by atoms with van der Waals surface area (Å²) in [5.74, 6) is 3.50. The summed E-state index contributed by atoms with van der Waals surface area (Å²) in [6.07, 6.45) is 5.33. The van der Waals surface area contributed by atoms with E-state index in [9.17, 15) is 0 Å². The SMILES string of the molecule is Cn1nnnc1C1=C(I)C=C=NC=C1. The Labute approximate surface area is 94.1 Å². The van der Waals surface area contributed by atoms with Gasteiger partial charge in [0.1, 0.15) is 0 Å². The molecular weight excluding hydrogens is 293 g/mol. The normalized spacial score (nSPS) is 15.0. The molecule has 0 unspecified atom stereocenters. The predicted octanol–water partition coefficient (Wildman–Crippen LogP) is 1.11. The Kier molecular flexibility index (Phi) is 2.55. The fourth-order valence-corrected chi connectivity index (χ4v) is 1.61. The molecule has 0 aromatic carbocycles. The summed E-state index contributed by atoms with van der Waals surface area (Å²) in [5, 5.41) is 11.3. The Morgan fingerprint density at radius 3 is 3.07 bits per heavy atom. The summed E-state index contributed by atoms with van der Waals surface area (Å²) in [5.41, 5.74) is 0.951. The minimum Gasteiger partial charge on any atom is -0.229 e. The van der Waals surface area contributed by atoms with E-state index >= 15 is 0 Å². The topological polar surface area (TPSA) is 56.0 Å². The Hall–Kier alpha value is -1.27. The van der Waals surface area contributed by atoms with Gasteiger partial charge in [0.05, 0.1) is 0 Å². The number of hydrogen-bond acceptors (Lipinski definition) is 4. The van der Waals surface area contributed by atoms with Crippen molar-refractivity contribution in [3.8, 4) is 0 Å². The molecule has 6 heteroatoms. The van der Waals surface area contributed by atoms with Gasteiger partial charge in [0, 0.05) is 28.5 Å². The quantitative estimate of drug-likeness (QED) is 0.730. The standard InChI is InChI=1S/C8H6IN5/c1-14-8(11-12-13-14)6-2-4-10-5-3-7(6)9/h2-4H,1H3. The van der Waals surface area contributed by atoms with Crippen LogP contribution in [0.1, 0.15) is 5.82 Å². The van der Waals surface area contributed by atoms with Crippen LogP contribution in [0, 0.1) is 0 Å². The zero-order chi connectivity index (χ0) is 9.97. The molecule has 1 aliphatic rings. The van der Waals surface area contributed by atoms with Crippen molar-refractivity contribution in [3.05, 3.63) is 27.8 Å². The average molecular weight is 299 g/mol. The van der Waals surface area contributed by atoms with Gasteiger partial charge >= 0.3 is 0 Å². The van der Waals surface area contributed by atoms with Crippen LogP contribution in [0.2, 0.25) is 0 Å². The van der Waals surface area contributed by atoms with E-state index in [4.69, 9.17) is 0 Å². The summed E-state index contributed by atoms with van der Waals surface area (Å²) in [7, 11) is 1.80. The molecule has 14 heavy (non-hydrogen) atoms. The van der Waals surface area contributed by atoms with E-state index in [0.717, 1.165) is 15.0 Å². The predicted molar refractivity (Wildman–Crippen MR) is 60.9 cm³/mol. The van der Waals surface area contributed by atoms with Gasteiger partial charge in [-0.25, -0.2) is 9.67 Å². The van der Waals surface area contributed by atoms with E-state index < -0.39 is 0 Å². The number of aryl methyl sites for hydroxylation is 1. The Bertz CT molecular complexity index is 476. The maximum atomic E-state index is 3.93. The third kappa shape index (κ3) is 1.66. The molecule has 0 aliphatic carbocycles. The zero-order valence-corrected chi connectivity index (χ0v) is 9.50. The second kappa shape index (κ2) is 3.85. The van der Waals surface area contributed by atoms with Crippen LogP contribution in [-0.4, -0.2) is 26.1 Å². The summed E-state index contributed by atoms with van der Waals surface area (Å²) in [6, 6.07) is 0. The van der Waals surface area contributed by atoms with Gasteiger partial charge in [-0.05, 0) is 45.0 Å². The number of tetrazole rings is 1. The number of nitrogens with zero attached hydrogens (tertiary/aromatic N) is 5. The van der Waals surface area contributed by atoms with Crippen molar-refractivity contribution in [1.29, 1.82) is 0 Å². The Balaban J connectivity index is 2.55. The van der Waals surface area contributed by atoms with Crippen LogP contribution in [0.25, 0.3) is 5.57 Å². The molecule has 70 valence electrons. The summed E-state index contributed by atoms with van der Waals surface area (Å²) < 4.78 is 2.63. The lowest BCUT2D eigenvalue weighted by Gasteiger charge is -1.99. The number of aromatic nitrogens is 4. The zero-order valence-electron chi connectivity index (χ0n) is 7.35. The lowest BCUT2D eigenvalue weighted by atomic mass is 10.2. The highest BCUT2D eigenvalue weighted by molar-refractivity contribution is 14.1. The smallest absolute Gasteiger partial charge is 0.182 e. The van der Waals surface area contributed by atoms with Gasteiger partial charge < -0.3 is 0 Å². The van der Waals surface area contributed by atoms with Crippen LogP contribution in [0.4, 0.5) is 0 Å². The molecule has 0 fully saturated rings. The third-order valence-corrected chi connectivity index (χ3v) is 2.59. The monoisotopic (exact) mass is 299 g/mol. The Morgan fingerprint density at radius 1 is 1.50 bits per heavy atom. The van der Waals surface area contributed by atoms with Gasteiger partial charge in [0.25, 0.3) is 0 Å². The van der Waals surface area contributed by atoms with E-state index in [1.165, 1.54) is 0 Å². The van der Waals surface area contributed by atoms with Gasteiger partial charge in [-0.1, -0.05) is 0 Å². The second-order valence-electron chi connectivity index (χ2n) is 2.61. The highest BCUT2D eigenvalue weighted by Crippen LogP contribution is 2.23. The first kappa shape index (κ1) is 9.29. The molecule has 2 heterocycles. The summed E-state index contributed by atoms with van der Waals surface area (Å²) in [6.45, 7) is 0. The third-order valence-electron chi connectivity index (χ3n) is 1.70. The van der Waals surface area contributed by atoms with Gasteiger partial charge in [-0.2, -0.15) is 0 Å². The largest absolute Gasteiger partial charge is 0.229 e. The van der Waals surface area contributed by atoms with Crippen LogP contribution in [0.3, 0.4) is 0 Å². The molecule has 0 radical (unpaired) electrons. The first-order valence-electron chi connectivity index (χ1n) is 3.86. The minimum absolute atomic E-state index is 0.723. The maximum absolute atomic E-state index is 3.93. The first-order valence-corrected chi connectivity index (χ1v) is 4.94. The van der Waals surface area contributed by atoms with Crippen LogP contribution in [-0.2, 0) is 7.05 Å². The number of allylic oxidation sites excluding steroid dienone is 4. The lowest BCUT2D eigenvalue weighted by Crippen LogP contribution is -1.98. The van der Waals surface area contributed by atoms with Gasteiger partial charge in [0.2, 0.25) is 0 Å². The molecule has 1 aromatic rings. The molecular formula is C8H6IN5. The van der Waals surface area contributed by atoms with Crippen LogP contribution < -0.4 is 0 Å². The number of aliphatic imine (C=N–C) groups is 1. The van der Waals surface area contributed by atoms with Gasteiger partial charge in [-0.3, -0.25) is 0 Å². The molecule has 1 aromatic heterocycles. The van der Waals surface area contributed by atoms with E-state index in [-0.39, 0.29) is 0 Å². The molecule has 0 N–H and O–H groups in total. The van der Waals surface area contributed by atoms with E-state index in [2.05, 4.69) is 49.0 Å². The highest BCUT2D eigenvalue weighted by Gasteiger charge is 2.10. The van der Waals surface area contributed by atoms with Gasteiger partial charge in [0.15, 0.2) is 5.82 Å². The van der Waals surface area contributed by atoms with E-state index in [1.807, 2.05) is 6.08 Å². The van der Waals surface area contributed by atoms with Crippen molar-refractivity contribution in [1.82, 2.24) is 20.2 Å². The van der Waals surface area contributed by atoms with Crippen molar-refractivity contribution >= 4 is 34.0 Å². The summed E-state index contributed by atoms with van der Waals surface area (Å²) >= 11 is 2.20. The highest BCUT2D eigenvalue weighted by atomic mass is 127. The second-order valence-corrected chi connectivity index (χ2v) is 3.77. The number of halogens is 1. The molecule has 1 aliphatic heterocycles.